The lowest BCUT2D eigenvalue weighted by Gasteiger charge is -2.19. The van der Waals surface area contributed by atoms with Crippen LogP contribution < -0.4 is 0 Å². The van der Waals surface area contributed by atoms with Gasteiger partial charge < -0.3 is 19.7 Å². The summed E-state index contributed by atoms with van der Waals surface area (Å²) in [4.78, 5) is 11.9. The predicted molar refractivity (Wildman–Crippen MR) is 105 cm³/mol. The third kappa shape index (κ3) is 16.8. The van der Waals surface area contributed by atoms with Crippen molar-refractivity contribution in [1.82, 2.24) is 0 Å². The zero-order chi connectivity index (χ0) is 19.5. The first-order chi connectivity index (χ1) is 12.6. The number of carbonyl (C=O) groups excluding carboxylic acids is 1. The molecule has 0 saturated heterocycles. The highest BCUT2D eigenvalue weighted by molar-refractivity contribution is 5.69. The number of carbonyl (C=O) groups is 1. The molecule has 0 aromatic rings. The Kier molecular flexibility index (Phi) is 18.6. The zero-order valence-electron chi connectivity index (χ0n) is 17.1. The second-order valence-electron chi connectivity index (χ2n) is 7.22. The molecule has 2 unspecified atom stereocenters. The molecule has 0 amide bonds. The molecule has 5 nitrogen and oxygen atoms in total. The fourth-order valence-electron chi connectivity index (χ4n) is 2.81. The van der Waals surface area contributed by atoms with Crippen LogP contribution in [0.25, 0.3) is 0 Å². The van der Waals surface area contributed by atoms with E-state index >= 15 is 0 Å². The van der Waals surface area contributed by atoms with Gasteiger partial charge in [0.2, 0.25) is 0 Å². The molecule has 0 bridgehead atoms. The lowest BCUT2D eigenvalue weighted by Crippen LogP contribution is -2.23. The van der Waals surface area contributed by atoms with E-state index in [1.54, 1.807) is 0 Å². The van der Waals surface area contributed by atoms with Crippen LogP contribution in [0.4, 0.5) is 0 Å². The molecule has 26 heavy (non-hydrogen) atoms. The minimum atomic E-state index is -0.740. The average molecular weight is 375 g/mol. The maximum atomic E-state index is 11.9. The van der Waals surface area contributed by atoms with Crippen LogP contribution in [-0.2, 0) is 14.3 Å². The third-order valence-electron chi connectivity index (χ3n) is 4.56. The van der Waals surface area contributed by atoms with Gasteiger partial charge in [-0.05, 0) is 32.1 Å². The van der Waals surface area contributed by atoms with Crippen molar-refractivity contribution >= 4 is 5.97 Å². The maximum Gasteiger partial charge on any atom is 0.305 e. The number of aliphatic hydroxyl groups is 2. The monoisotopic (exact) mass is 374 g/mol. The Labute approximate surface area is 160 Å². The Bertz CT molecular complexity index is 309. The van der Waals surface area contributed by atoms with Gasteiger partial charge in [-0.2, -0.15) is 0 Å². The highest BCUT2D eigenvalue weighted by Gasteiger charge is 2.15. The number of hydrogen-bond donors (Lipinski definition) is 2. The summed E-state index contributed by atoms with van der Waals surface area (Å²) in [5.41, 5.74) is 0. The number of hydrogen-bond acceptors (Lipinski definition) is 5. The normalized spacial score (nSPS) is 13.5. The van der Waals surface area contributed by atoms with Gasteiger partial charge in [-0.3, -0.25) is 4.79 Å². The van der Waals surface area contributed by atoms with Crippen LogP contribution in [0.5, 0.6) is 0 Å². The molecule has 0 saturated carbocycles. The van der Waals surface area contributed by atoms with Crippen LogP contribution in [0.3, 0.4) is 0 Å². The Morgan fingerprint density at radius 2 is 1.50 bits per heavy atom. The molecule has 0 aliphatic rings. The van der Waals surface area contributed by atoms with Crippen LogP contribution in [0.1, 0.15) is 97.3 Å². The summed E-state index contributed by atoms with van der Waals surface area (Å²) in [6, 6.07) is 0. The molecule has 0 spiro atoms. The molecule has 0 aromatic carbocycles. The number of rotatable bonds is 19. The first-order valence-corrected chi connectivity index (χ1v) is 10.7. The molecule has 2 N–H and O–H groups in total. The topological polar surface area (TPSA) is 76.0 Å². The molecule has 0 aliphatic heterocycles. The van der Waals surface area contributed by atoms with Crippen molar-refractivity contribution < 1.29 is 24.5 Å². The number of esters is 1. The molecule has 0 radical (unpaired) electrons. The lowest BCUT2D eigenvalue weighted by molar-refractivity contribution is -0.149. The van der Waals surface area contributed by atoms with Crippen molar-refractivity contribution in [2.75, 3.05) is 19.8 Å². The highest BCUT2D eigenvalue weighted by Crippen LogP contribution is 2.14. The molecule has 156 valence electrons. The third-order valence-corrected chi connectivity index (χ3v) is 4.56. The van der Waals surface area contributed by atoms with Crippen molar-refractivity contribution in [2.45, 2.75) is 104 Å². The van der Waals surface area contributed by atoms with Crippen molar-refractivity contribution in [3.8, 4) is 0 Å². The van der Waals surface area contributed by atoms with E-state index in [1.807, 2.05) is 0 Å². The Morgan fingerprint density at radius 3 is 2.19 bits per heavy atom. The van der Waals surface area contributed by atoms with E-state index in [2.05, 4.69) is 13.8 Å². The van der Waals surface area contributed by atoms with E-state index in [0.29, 0.717) is 26.1 Å². The van der Waals surface area contributed by atoms with E-state index in [0.717, 1.165) is 51.4 Å². The molecule has 0 aliphatic carbocycles. The first-order valence-electron chi connectivity index (χ1n) is 10.7. The minimum Gasteiger partial charge on any atom is -0.465 e. The number of unbranched alkanes of at least 4 members (excludes halogenated alkanes) is 7. The molecule has 5 heteroatoms. The summed E-state index contributed by atoms with van der Waals surface area (Å²) < 4.78 is 11.0. The van der Waals surface area contributed by atoms with E-state index in [-0.39, 0.29) is 18.5 Å². The van der Waals surface area contributed by atoms with Gasteiger partial charge in [-0.25, -0.2) is 0 Å². The molecule has 0 aromatic heterocycles. The second kappa shape index (κ2) is 19.1. The maximum absolute atomic E-state index is 11.9. The molecule has 2 atom stereocenters. The second-order valence-corrected chi connectivity index (χ2v) is 7.22. The molecule has 0 heterocycles. The fourth-order valence-corrected chi connectivity index (χ4v) is 2.81. The van der Waals surface area contributed by atoms with Gasteiger partial charge in [0.25, 0.3) is 0 Å². The Morgan fingerprint density at radius 1 is 0.846 bits per heavy atom. The standard InChI is InChI=1S/C21H42O5/c1-3-5-7-8-10-15-21(24)26-18-19(13-11-12-16-22)17-25-20(23)14-9-6-4-2/h19-20,22-23H,3-18H2,1-2H3. The van der Waals surface area contributed by atoms with Gasteiger partial charge in [0.05, 0.1) is 13.2 Å². The van der Waals surface area contributed by atoms with Gasteiger partial charge in [0, 0.05) is 18.9 Å². The smallest absolute Gasteiger partial charge is 0.305 e. The summed E-state index contributed by atoms with van der Waals surface area (Å²) in [5, 5.41) is 18.8. The van der Waals surface area contributed by atoms with Crippen molar-refractivity contribution in [1.29, 1.82) is 0 Å². The van der Waals surface area contributed by atoms with E-state index in [1.165, 1.54) is 19.3 Å². The van der Waals surface area contributed by atoms with E-state index in [4.69, 9.17) is 14.6 Å². The molecular weight excluding hydrogens is 332 g/mol. The van der Waals surface area contributed by atoms with Crippen molar-refractivity contribution in [3.05, 3.63) is 0 Å². The Hall–Kier alpha value is -0.650. The molecular formula is C21H42O5. The summed E-state index contributed by atoms with van der Waals surface area (Å²) in [6.45, 7) is 5.20. The van der Waals surface area contributed by atoms with Crippen LogP contribution in [0.2, 0.25) is 0 Å². The largest absolute Gasteiger partial charge is 0.465 e. The Balaban J connectivity index is 4.02. The highest BCUT2D eigenvalue weighted by atomic mass is 16.6. The van der Waals surface area contributed by atoms with Crippen LogP contribution >= 0.6 is 0 Å². The van der Waals surface area contributed by atoms with Crippen LogP contribution in [-0.4, -0.2) is 42.3 Å². The summed E-state index contributed by atoms with van der Waals surface area (Å²) >= 11 is 0. The van der Waals surface area contributed by atoms with Gasteiger partial charge in [0.1, 0.15) is 0 Å². The van der Waals surface area contributed by atoms with Crippen LogP contribution in [0.15, 0.2) is 0 Å². The number of ether oxygens (including phenoxy) is 2. The minimum absolute atomic E-state index is 0.0754. The summed E-state index contributed by atoms with van der Waals surface area (Å²) in [6.07, 6.45) is 11.6. The van der Waals surface area contributed by atoms with E-state index in [9.17, 15) is 9.90 Å². The van der Waals surface area contributed by atoms with Crippen molar-refractivity contribution in [3.63, 3.8) is 0 Å². The fraction of sp³-hybridized carbons (Fsp3) is 0.952. The SMILES string of the molecule is CCCCCCCC(=O)OCC(CCCCO)COC(O)CCCCC. The van der Waals surface area contributed by atoms with Gasteiger partial charge in [-0.1, -0.05) is 58.8 Å². The quantitative estimate of drug-likeness (QED) is 0.196. The van der Waals surface area contributed by atoms with Crippen molar-refractivity contribution in [2.24, 2.45) is 5.92 Å². The molecule has 0 fully saturated rings. The average Bonchev–Trinajstić information content (AvgIpc) is 2.63. The summed E-state index contributed by atoms with van der Waals surface area (Å²) in [5.74, 6) is -0.0661. The van der Waals surface area contributed by atoms with Gasteiger partial charge >= 0.3 is 5.97 Å². The first kappa shape index (κ1) is 25.4. The van der Waals surface area contributed by atoms with Crippen LogP contribution in [0, 0.1) is 5.92 Å². The summed E-state index contributed by atoms with van der Waals surface area (Å²) in [7, 11) is 0. The van der Waals surface area contributed by atoms with Gasteiger partial charge in [0.15, 0.2) is 6.29 Å². The molecule has 0 rings (SSSR count). The van der Waals surface area contributed by atoms with Gasteiger partial charge in [-0.15, -0.1) is 0 Å². The zero-order valence-corrected chi connectivity index (χ0v) is 17.1. The van der Waals surface area contributed by atoms with E-state index < -0.39 is 6.29 Å². The predicted octanol–water partition coefficient (Wildman–Crippen LogP) is 4.58. The lowest BCUT2D eigenvalue weighted by atomic mass is 10.0. The number of aliphatic hydroxyl groups excluding tert-OH is 2.